The molecular formula is C54H86BaO10. The predicted octanol–water partition coefficient (Wildman–Crippen LogP) is 11.1. The molecular weight excluding hydrogens is 946 g/mol. The van der Waals surface area contributed by atoms with Crippen molar-refractivity contribution in [2.45, 2.75) is 245 Å². The molecule has 65 heavy (non-hydrogen) atoms. The van der Waals surface area contributed by atoms with E-state index < -0.39 is 11.9 Å². The maximum Gasteiger partial charge on any atom is 2.00 e. The Kier molecular flexibility index (Phi) is 42.8. The van der Waals surface area contributed by atoms with E-state index in [-0.39, 0.29) is 98.1 Å². The number of unbranched alkanes of at least 4 members (excludes halogenated alkanes) is 14. The molecule has 0 aliphatic rings. The van der Waals surface area contributed by atoms with Crippen molar-refractivity contribution in [3.05, 3.63) is 71.8 Å². The second kappa shape index (κ2) is 44.3. The molecule has 0 saturated heterocycles. The van der Waals surface area contributed by atoms with Crippen molar-refractivity contribution in [1.82, 2.24) is 0 Å². The van der Waals surface area contributed by atoms with Gasteiger partial charge < -0.3 is 38.7 Å². The van der Waals surface area contributed by atoms with Gasteiger partial charge in [0.1, 0.15) is 12.2 Å². The number of esters is 2. The van der Waals surface area contributed by atoms with Crippen molar-refractivity contribution in [1.29, 1.82) is 0 Å². The van der Waals surface area contributed by atoms with Crippen LogP contribution in [0.2, 0.25) is 0 Å². The molecule has 0 amide bonds. The molecule has 10 nitrogen and oxygen atoms in total. The number of benzene rings is 2. The van der Waals surface area contributed by atoms with Gasteiger partial charge in [-0.15, -0.1) is 0 Å². The zero-order valence-corrected chi connectivity index (χ0v) is 45.5. The van der Waals surface area contributed by atoms with Crippen LogP contribution in [0.1, 0.15) is 219 Å². The van der Waals surface area contributed by atoms with Crippen LogP contribution in [0.5, 0.6) is 0 Å². The fraction of sp³-hybridized carbons (Fsp3) is 0.704. The molecule has 11 heteroatoms. The quantitative estimate of drug-likeness (QED) is 0.0358. The molecule has 0 aliphatic heterocycles. The topological polar surface area (TPSA) is 151 Å². The SMILES string of the molecule is CCC(CCCC(CCCCCCCCCCC(=O)[O-])OC(C)=O)OCc1ccccc1.CCC(CCCC(CCCCCCCCCCC(=O)[O-])OC(C)=O)OCc1ccccc1.[Ba+2]. The Balaban J connectivity index is 0.00000124. The standard InChI is InChI=1S/2C27H44O5.Ba/c2*1-3-25(31-22-24-16-11-10-12-17-24)19-15-20-26(32-23(2)28)18-13-8-6-4-5-7-9-14-21-27(29)30;/h2*10-12,16-17,25-26H,3-9,13-15,18-22H2,1-2H3,(H,29,30);/q;;+2/p-2. The molecule has 0 aromatic heterocycles. The molecule has 4 unspecified atom stereocenters. The molecule has 4 atom stereocenters. The Labute approximate surface area is 434 Å². The average Bonchev–Trinajstić information content (AvgIpc) is 3.27. The number of carboxylic acids is 2. The predicted molar refractivity (Wildman–Crippen MR) is 258 cm³/mol. The van der Waals surface area contributed by atoms with Crippen LogP contribution < -0.4 is 10.2 Å². The minimum absolute atomic E-state index is 0. The number of hydrogen-bond acceptors (Lipinski definition) is 10. The zero-order valence-electron chi connectivity index (χ0n) is 41.1. The Morgan fingerprint density at radius 2 is 0.692 bits per heavy atom. The van der Waals surface area contributed by atoms with Gasteiger partial charge in [-0.2, -0.15) is 0 Å². The van der Waals surface area contributed by atoms with Gasteiger partial charge in [0, 0.05) is 25.8 Å². The van der Waals surface area contributed by atoms with Crippen LogP contribution in [0.3, 0.4) is 0 Å². The largest absolute Gasteiger partial charge is 2.00 e. The van der Waals surface area contributed by atoms with Crippen molar-refractivity contribution in [2.24, 2.45) is 0 Å². The number of carboxylic acid groups (broad SMARTS) is 2. The van der Waals surface area contributed by atoms with E-state index in [0.29, 0.717) is 13.2 Å². The summed E-state index contributed by atoms with van der Waals surface area (Å²) in [7, 11) is 0. The zero-order chi connectivity index (χ0) is 46.9. The third-order valence-corrected chi connectivity index (χ3v) is 11.7. The molecule has 0 spiro atoms. The van der Waals surface area contributed by atoms with Gasteiger partial charge in [-0.1, -0.05) is 152 Å². The van der Waals surface area contributed by atoms with E-state index in [9.17, 15) is 29.4 Å². The van der Waals surface area contributed by atoms with E-state index in [1.54, 1.807) is 0 Å². The van der Waals surface area contributed by atoms with Crippen molar-refractivity contribution in [3.63, 3.8) is 0 Å². The number of ether oxygens (including phenoxy) is 4. The van der Waals surface area contributed by atoms with Crippen LogP contribution in [0.4, 0.5) is 0 Å². The molecule has 0 heterocycles. The molecule has 0 fully saturated rings. The summed E-state index contributed by atoms with van der Waals surface area (Å²) < 4.78 is 23.3. The van der Waals surface area contributed by atoms with Crippen molar-refractivity contribution >= 4 is 72.8 Å². The maximum absolute atomic E-state index is 11.5. The van der Waals surface area contributed by atoms with Crippen LogP contribution >= 0.6 is 0 Å². The van der Waals surface area contributed by atoms with Crippen LogP contribution in [-0.2, 0) is 51.3 Å². The summed E-state index contributed by atoms with van der Waals surface area (Å²) in [5, 5.41) is 20.8. The van der Waals surface area contributed by atoms with Crippen molar-refractivity contribution in [2.75, 3.05) is 0 Å². The first kappa shape index (κ1) is 62.8. The minimum atomic E-state index is -0.947. The van der Waals surface area contributed by atoms with Gasteiger partial charge in [0.25, 0.3) is 0 Å². The van der Waals surface area contributed by atoms with Gasteiger partial charge in [-0.05, 0) is 114 Å². The van der Waals surface area contributed by atoms with E-state index in [1.807, 2.05) is 36.4 Å². The number of rotatable bonds is 40. The van der Waals surface area contributed by atoms with Gasteiger partial charge in [0.2, 0.25) is 0 Å². The summed E-state index contributed by atoms with van der Waals surface area (Å²) in [5.41, 5.74) is 2.39. The summed E-state index contributed by atoms with van der Waals surface area (Å²) in [6.07, 6.45) is 27.4. The first-order valence-corrected chi connectivity index (χ1v) is 25.1. The Hall–Kier alpha value is -2.19. The van der Waals surface area contributed by atoms with E-state index >= 15 is 0 Å². The number of hydrogen-bond donors (Lipinski definition) is 0. The Morgan fingerprint density at radius 3 is 0.985 bits per heavy atom. The molecule has 0 radical (unpaired) electrons. The fourth-order valence-electron chi connectivity index (χ4n) is 7.93. The maximum atomic E-state index is 11.5. The second-order valence-corrected chi connectivity index (χ2v) is 17.5. The number of aliphatic carboxylic acids is 2. The van der Waals surface area contributed by atoms with E-state index in [1.165, 1.54) is 50.7 Å². The van der Waals surface area contributed by atoms with Crippen LogP contribution in [0.15, 0.2) is 60.7 Å². The Bertz CT molecular complexity index is 1320. The summed E-state index contributed by atoms with van der Waals surface area (Å²) in [6, 6.07) is 20.5. The first-order valence-electron chi connectivity index (χ1n) is 25.1. The summed E-state index contributed by atoms with van der Waals surface area (Å²) in [4.78, 5) is 43.7. The second-order valence-electron chi connectivity index (χ2n) is 17.5. The molecule has 0 aliphatic carbocycles. The molecule has 0 N–H and O–H groups in total. The van der Waals surface area contributed by atoms with E-state index in [0.717, 1.165) is 141 Å². The molecule has 2 rings (SSSR count). The van der Waals surface area contributed by atoms with Gasteiger partial charge in [0.15, 0.2) is 0 Å². The molecule has 2 aromatic rings. The fourth-order valence-corrected chi connectivity index (χ4v) is 7.93. The van der Waals surface area contributed by atoms with Crippen LogP contribution in [0, 0.1) is 0 Å². The molecule has 0 bridgehead atoms. The minimum Gasteiger partial charge on any atom is -0.550 e. The van der Waals surface area contributed by atoms with Crippen LogP contribution in [0.25, 0.3) is 0 Å². The molecule has 0 saturated carbocycles. The molecule has 364 valence electrons. The number of carbonyl (C=O) groups is 4. The molecule has 2 aromatic carbocycles. The average molecular weight is 1030 g/mol. The normalized spacial score (nSPS) is 12.7. The number of carbonyl (C=O) groups excluding carboxylic acids is 4. The van der Waals surface area contributed by atoms with Crippen LogP contribution in [-0.4, -0.2) is 97.2 Å². The first-order chi connectivity index (χ1) is 31.0. The summed E-state index contributed by atoms with van der Waals surface area (Å²) in [5.74, 6) is -2.28. The third kappa shape index (κ3) is 40.6. The van der Waals surface area contributed by atoms with Gasteiger partial charge in [-0.25, -0.2) is 0 Å². The third-order valence-electron chi connectivity index (χ3n) is 11.7. The monoisotopic (exact) mass is 1030 g/mol. The van der Waals surface area contributed by atoms with E-state index in [2.05, 4.69) is 38.1 Å². The van der Waals surface area contributed by atoms with Crippen molar-refractivity contribution in [3.8, 4) is 0 Å². The van der Waals surface area contributed by atoms with Crippen molar-refractivity contribution < 1.29 is 48.3 Å². The van der Waals surface area contributed by atoms with Gasteiger partial charge in [0.05, 0.1) is 25.4 Å². The van der Waals surface area contributed by atoms with Gasteiger partial charge in [-0.3, -0.25) is 9.59 Å². The summed E-state index contributed by atoms with van der Waals surface area (Å²) >= 11 is 0. The van der Waals surface area contributed by atoms with Gasteiger partial charge >= 0.3 is 60.8 Å². The smallest absolute Gasteiger partial charge is 0.550 e. The Morgan fingerprint density at radius 1 is 0.415 bits per heavy atom. The van der Waals surface area contributed by atoms with E-state index in [4.69, 9.17) is 18.9 Å². The summed E-state index contributed by atoms with van der Waals surface area (Å²) in [6.45, 7) is 8.58.